The second-order valence-electron chi connectivity index (χ2n) is 4.17. The third-order valence-corrected chi connectivity index (χ3v) is 4.62. The van der Waals surface area contributed by atoms with Gasteiger partial charge in [0.05, 0.1) is 17.2 Å². The van der Waals surface area contributed by atoms with Gasteiger partial charge < -0.3 is 9.15 Å². The number of halogens is 1. The summed E-state index contributed by atoms with van der Waals surface area (Å²) in [5.74, 6) is 1.14. The van der Waals surface area contributed by atoms with Gasteiger partial charge in [0, 0.05) is 25.3 Å². The third-order valence-electron chi connectivity index (χ3n) is 2.66. The zero-order valence-corrected chi connectivity index (χ0v) is 13.9. The van der Waals surface area contributed by atoms with Gasteiger partial charge in [0.15, 0.2) is 4.34 Å². The molecule has 0 saturated carbocycles. The van der Waals surface area contributed by atoms with E-state index in [-0.39, 0.29) is 0 Å². The molecule has 0 radical (unpaired) electrons. The molecule has 3 rings (SSSR count). The molecule has 3 aromatic rings. The summed E-state index contributed by atoms with van der Waals surface area (Å²) in [6.45, 7) is 0.595. The van der Waals surface area contributed by atoms with Crippen molar-refractivity contribution in [1.29, 1.82) is 0 Å². The number of methoxy groups -OCH3 is 1. The van der Waals surface area contributed by atoms with E-state index in [1.54, 1.807) is 13.2 Å². The van der Waals surface area contributed by atoms with Gasteiger partial charge in [-0.1, -0.05) is 23.7 Å². The largest absolute Gasteiger partial charge is 0.411 e. The molecule has 22 heavy (non-hydrogen) atoms. The van der Waals surface area contributed by atoms with Crippen molar-refractivity contribution in [3.05, 3.63) is 35.1 Å². The van der Waals surface area contributed by atoms with Crippen LogP contribution >= 0.6 is 34.9 Å². The molecule has 0 atom stereocenters. The van der Waals surface area contributed by atoms with E-state index in [1.807, 2.05) is 18.2 Å². The number of hydrogen-bond donors (Lipinski definition) is 0. The Morgan fingerprint density at radius 2 is 2.18 bits per heavy atom. The number of aromatic nitrogens is 4. The van der Waals surface area contributed by atoms with E-state index in [0.29, 0.717) is 34.7 Å². The minimum atomic E-state index is 0.386. The fourth-order valence-electron chi connectivity index (χ4n) is 1.64. The van der Waals surface area contributed by atoms with Crippen LogP contribution in [0.1, 0.15) is 5.82 Å². The molecule has 0 aliphatic rings. The van der Waals surface area contributed by atoms with Gasteiger partial charge in [-0.2, -0.15) is 4.37 Å². The SMILES string of the molecule is COCCc1nsc(Sc2nnc(-c3ccccc3Cl)o2)n1. The van der Waals surface area contributed by atoms with E-state index in [4.69, 9.17) is 20.8 Å². The fourth-order valence-corrected chi connectivity index (χ4v) is 3.30. The van der Waals surface area contributed by atoms with E-state index < -0.39 is 0 Å². The average Bonchev–Trinajstić information content (AvgIpc) is 3.16. The summed E-state index contributed by atoms with van der Waals surface area (Å²) in [5.41, 5.74) is 0.710. The van der Waals surface area contributed by atoms with Crippen molar-refractivity contribution >= 4 is 34.9 Å². The first-order valence-electron chi connectivity index (χ1n) is 6.34. The molecule has 0 aliphatic carbocycles. The zero-order chi connectivity index (χ0) is 15.4. The molecule has 9 heteroatoms. The summed E-state index contributed by atoms with van der Waals surface area (Å²) >= 11 is 8.69. The lowest BCUT2D eigenvalue weighted by atomic mass is 10.2. The summed E-state index contributed by atoms with van der Waals surface area (Å²) in [6.07, 6.45) is 0.683. The molecule has 0 bridgehead atoms. The normalized spacial score (nSPS) is 11.0. The predicted octanol–water partition coefficient (Wildman–Crippen LogP) is 3.58. The Labute approximate surface area is 140 Å². The van der Waals surface area contributed by atoms with Crippen LogP contribution in [-0.4, -0.2) is 33.3 Å². The van der Waals surface area contributed by atoms with Crippen LogP contribution in [0.5, 0.6) is 0 Å². The predicted molar refractivity (Wildman–Crippen MR) is 84.4 cm³/mol. The van der Waals surface area contributed by atoms with Crippen molar-refractivity contribution in [1.82, 2.24) is 19.6 Å². The molecule has 114 valence electrons. The Morgan fingerprint density at radius 3 is 3.00 bits per heavy atom. The van der Waals surface area contributed by atoms with Crippen LogP contribution in [0, 0.1) is 0 Å². The second kappa shape index (κ2) is 7.19. The highest BCUT2D eigenvalue weighted by atomic mass is 35.5. The van der Waals surface area contributed by atoms with E-state index in [9.17, 15) is 0 Å². The quantitative estimate of drug-likeness (QED) is 0.669. The van der Waals surface area contributed by atoms with Crippen molar-refractivity contribution in [3.8, 4) is 11.5 Å². The van der Waals surface area contributed by atoms with Gasteiger partial charge in [-0.3, -0.25) is 0 Å². The maximum absolute atomic E-state index is 6.11. The van der Waals surface area contributed by atoms with Crippen LogP contribution in [-0.2, 0) is 11.2 Å². The van der Waals surface area contributed by atoms with Crippen molar-refractivity contribution < 1.29 is 9.15 Å². The Bertz CT molecular complexity index is 762. The number of ether oxygens (including phenoxy) is 1. The summed E-state index contributed by atoms with van der Waals surface area (Å²) in [7, 11) is 1.65. The van der Waals surface area contributed by atoms with E-state index in [0.717, 1.165) is 10.2 Å². The standard InChI is InChI=1S/C13H11ClN4O2S2/c1-19-7-6-10-15-13(22-18-10)21-12-17-16-11(20-12)8-4-2-3-5-9(8)14/h2-5H,6-7H2,1H3. The van der Waals surface area contributed by atoms with Gasteiger partial charge in [0.2, 0.25) is 5.89 Å². The van der Waals surface area contributed by atoms with Crippen LogP contribution in [0.2, 0.25) is 5.02 Å². The number of hydrogen-bond acceptors (Lipinski definition) is 8. The van der Waals surface area contributed by atoms with Crippen molar-refractivity contribution in [2.24, 2.45) is 0 Å². The number of benzene rings is 1. The molecule has 0 spiro atoms. The van der Waals surface area contributed by atoms with E-state index in [1.165, 1.54) is 23.3 Å². The van der Waals surface area contributed by atoms with Gasteiger partial charge in [-0.15, -0.1) is 10.2 Å². The Kier molecular flexibility index (Phi) is 5.04. The van der Waals surface area contributed by atoms with Crippen molar-refractivity contribution in [3.63, 3.8) is 0 Å². The molecule has 2 aromatic heterocycles. The number of rotatable bonds is 6. The van der Waals surface area contributed by atoms with Gasteiger partial charge in [0.25, 0.3) is 5.22 Å². The summed E-state index contributed by atoms with van der Waals surface area (Å²) in [6, 6.07) is 7.32. The molecule has 0 amide bonds. The molecule has 0 unspecified atom stereocenters. The highest BCUT2D eigenvalue weighted by molar-refractivity contribution is 8.00. The summed E-state index contributed by atoms with van der Waals surface area (Å²) in [5, 5.41) is 8.99. The molecule has 0 aliphatic heterocycles. The van der Waals surface area contributed by atoms with Gasteiger partial charge in [0.1, 0.15) is 5.82 Å². The summed E-state index contributed by atoms with van der Waals surface area (Å²) < 4.78 is 15.6. The first-order valence-corrected chi connectivity index (χ1v) is 8.31. The van der Waals surface area contributed by atoms with E-state index in [2.05, 4.69) is 19.6 Å². The maximum atomic E-state index is 6.11. The van der Waals surface area contributed by atoms with Crippen molar-refractivity contribution in [2.75, 3.05) is 13.7 Å². The lowest BCUT2D eigenvalue weighted by Crippen LogP contribution is -1.95. The first kappa shape index (κ1) is 15.4. The Balaban J connectivity index is 1.72. The molecule has 1 aromatic carbocycles. The molecule has 2 heterocycles. The van der Waals surface area contributed by atoms with Crippen LogP contribution in [0.25, 0.3) is 11.5 Å². The third kappa shape index (κ3) is 3.64. The van der Waals surface area contributed by atoms with Gasteiger partial charge in [-0.25, -0.2) is 4.98 Å². The monoisotopic (exact) mass is 354 g/mol. The van der Waals surface area contributed by atoms with Crippen LogP contribution in [0.3, 0.4) is 0 Å². The van der Waals surface area contributed by atoms with E-state index >= 15 is 0 Å². The Morgan fingerprint density at radius 1 is 1.32 bits per heavy atom. The minimum Gasteiger partial charge on any atom is -0.411 e. The summed E-state index contributed by atoms with van der Waals surface area (Å²) in [4.78, 5) is 4.38. The first-order chi connectivity index (χ1) is 10.8. The Hall–Kier alpha value is -1.48. The van der Waals surface area contributed by atoms with Crippen molar-refractivity contribution in [2.45, 2.75) is 16.0 Å². The smallest absolute Gasteiger partial charge is 0.284 e. The van der Waals surface area contributed by atoms with Crippen LogP contribution < -0.4 is 0 Å². The lowest BCUT2D eigenvalue weighted by molar-refractivity contribution is 0.200. The molecule has 0 saturated heterocycles. The molecular weight excluding hydrogens is 344 g/mol. The highest BCUT2D eigenvalue weighted by Crippen LogP contribution is 2.32. The lowest BCUT2D eigenvalue weighted by Gasteiger charge is -1.96. The molecule has 6 nitrogen and oxygen atoms in total. The average molecular weight is 355 g/mol. The fraction of sp³-hybridized carbons (Fsp3) is 0.231. The van der Waals surface area contributed by atoms with Crippen LogP contribution in [0.4, 0.5) is 0 Å². The topological polar surface area (TPSA) is 73.9 Å². The van der Waals surface area contributed by atoms with Crippen LogP contribution in [0.15, 0.2) is 38.2 Å². The van der Waals surface area contributed by atoms with Gasteiger partial charge in [-0.05, 0) is 23.7 Å². The zero-order valence-electron chi connectivity index (χ0n) is 11.5. The number of nitrogens with zero attached hydrogens (tertiary/aromatic N) is 4. The molecule has 0 fully saturated rings. The maximum Gasteiger partial charge on any atom is 0.284 e. The molecule has 0 N–H and O–H groups in total. The minimum absolute atomic E-state index is 0.386. The second-order valence-corrected chi connectivity index (χ2v) is 6.53. The molecular formula is C13H11ClN4O2S2. The van der Waals surface area contributed by atoms with Gasteiger partial charge >= 0.3 is 0 Å². The highest BCUT2D eigenvalue weighted by Gasteiger charge is 2.14.